The van der Waals surface area contributed by atoms with E-state index in [1.54, 1.807) is 0 Å². The third-order valence-electron chi connectivity index (χ3n) is 3.19. The molecular weight excluding hydrogens is 272 g/mol. The summed E-state index contributed by atoms with van der Waals surface area (Å²) in [5.41, 5.74) is 7.41. The van der Waals surface area contributed by atoms with Crippen LogP contribution in [0.4, 0.5) is 0 Å². The zero-order chi connectivity index (χ0) is 14.4. The summed E-state index contributed by atoms with van der Waals surface area (Å²) in [4.78, 5) is 0. The van der Waals surface area contributed by atoms with E-state index in [1.807, 2.05) is 54.6 Å². The predicted molar refractivity (Wildman–Crippen MR) is 82.7 cm³/mol. The molecule has 0 saturated heterocycles. The second-order valence-corrected chi connectivity index (χ2v) is 5.06. The average molecular weight is 291 g/mol. The molecule has 0 amide bonds. The van der Waals surface area contributed by atoms with Gasteiger partial charge in [-0.2, -0.15) is 0 Å². The molecule has 2 aromatic carbocycles. The van der Waals surface area contributed by atoms with Gasteiger partial charge in [-0.15, -0.1) is 0 Å². The Hall–Kier alpha value is -1.39. The average Bonchev–Trinajstić information content (AvgIpc) is 2.50. The number of halogens is 1. The first-order valence-electron chi connectivity index (χ1n) is 6.64. The van der Waals surface area contributed by atoms with Crippen LogP contribution >= 0.6 is 11.6 Å². The van der Waals surface area contributed by atoms with Crippen LogP contribution in [0.1, 0.15) is 23.3 Å². The number of hydrogen-bond donors (Lipinski definition) is 3. The van der Waals surface area contributed by atoms with E-state index in [-0.39, 0.29) is 6.04 Å². The van der Waals surface area contributed by atoms with E-state index in [9.17, 15) is 5.11 Å². The van der Waals surface area contributed by atoms with Gasteiger partial charge < -0.3 is 16.2 Å². The molecule has 106 valence electrons. The molecule has 0 bridgehead atoms. The van der Waals surface area contributed by atoms with Crippen LogP contribution in [0.3, 0.4) is 0 Å². The molecule has 0 aliphatic heterocycles. The van der Waals surface area contributed by atoms with Crippen LogP contribution < -0.4 is 11.1 Å². The van der Waals surface area contributed by atoms with Crippen molar-refractivity contribution < 1.29 is 5.11 Å². The number of nitrogens with one attached hydrogen (secondary N) is 1. The van der Waals surface area contributed by atoms with Gasteiger partial charge >= 0.3 is 0 Å². The van der Waals surface area contributed by atoms with E-state index in [0.717, 1.165) is 11.1 Å². The fourth-order valence-corrected chi connectivity index (χ4v) is 2.29. The van der Waals surface area contributed by atoms with Crippen molar-refractivity contribution in [1.82, 2.24) is 5.32 Å². The van der Waals surface area contributed by atoms with Gasteiger partial charge in [0.15, 0.2) is 0 Å². The first-order valence-corrected chi connectivity index (χ1v) is 7.02. The molecule has 0 fully saturated rings. The first kappa shape index (κ1) is 15.0. The molecule has 2 atom stereocenters. The second-order valence-electron chi connectivity index (χ2n) is 4.63. The summed E-state index contributed by atoms with van der Waals surface area (Å²) in [5, 5.41) is 14.6. The second kappa shape index (κ2) is 7.41. The zero-order valence-electron chi connectivity index (χ0n) is 11.2. The van der Waals surface area contributed by atoms with Crippen LogP contribution in [-0.4, -0.2) is 18.2 Å². The van der Waals surface area contributed by atoms with E-state index in [4.69, 9.17) is 17.3 Å². The largest absolute Gasteiger partial charge is 0.386 e. The smallest absolute Gasteiger partial charge is 0.0984 e. The predicted octanol–water partition coefficient (Wildman–Crippen LogP) is 2.66. The van der Waals surface area contributed by atoms with Gasteiger partial charge in [0.05, 0.1) is 12.1 Å². The topological polar surface area (TPSA) is 58.3 Å². The Morgan fingerprint density at radius 3 is 2.25 bits per heavy atom. The van der Waals surface area contributed by atoms with E-state index < -0.39 is 6.10 Å². The third-order valence-corrected chi connectivity index (χ3v) is 3.45. The molecule has 0 unspecified atom stereocenters. The lowest BCUT2D eigenvalue weighted by Gasteiger charge is -2.25. The van der Waals surface area contributed by atoms with Crippen LogP contribution in [-0.2, 0) is 0 Å². The molecule has 0 aliphatic carbocycles. The van der Waals surface area contributed by atoms with Crippen molar-refractivity contribution in [2.24, 2.45) is 5.73 Å². The maximum Gasteiger partial charge on any atom is 0.0984 e. The van der Waals surface area contributed by atoms with Crippen LogP contribution in [0.25, 0.3) is 0 Å². The van der Waals surface area contributed by atoms with Crippen molar-refractivity contribution in [3.8, 4) is 0 Å². The van der Waals surface area contributed by atoms with Crippen molar-refractivity contribution >= 4 is 11.6 Å². The number of nitrogens with two attached hydrogens (primary N) is 1. The molecule has 0 heterocycles. The zero-order valence-corrected chi connectivity index (χ0v) is 11.9. The van der Waals surface area contributed by atoms with Gasteiger partial charge in [-0.1, -0.05) is 54.1 Å². The highest BCUT2D eigenvalue weighted by atomic mass is 35.5. The van der Waals surface area contributed by atoms with Gasteiger partial charge in [-0.05, 0) is 23.3 Å². The molecule has 20 heavy (non-hydrogen) atoms. The fraction of sp³-hybridized carbons (Fsp3) is 0.250. The highest BCUT2D eigenvalue weighted by Gasteiger charge is 2.21. The lowest BCUT2D eigenvalue weighted by atomic mass is 9.96. The van der Waals surface area contributed by atoms with Crippen molar-refractivity contribution in [2.45, 2.75) is 12.1 Å². The van der Waals surface area contributed by atoms with E-state index in [1.165, 1.54) is 0 Å². The Balaban J connectivity index is 2.25. The minimum Gasteiger partial charge on any atom is -0.386 e. The molecule has 0 aliphatic rings. The van der Waals surface area contributed by atoms with E-state index in [0.29, 0.717) is 18.1 Å². The number of aliphatic hydroxyl groups is 1. The van der Waals surface area contributed by atoms with Crippen molar-refractivity contribution in [1.29, 1.82) is 0 Å². The summed E-state index contributed by atoms with van der Waals surface area (Å²) in [6, 6.07) is 16.9. The molecular formula is C16H19ClN2O. The Morgan fingerprint density at radius 1 is 1.00 bits per heavy atom. The van der Waals surface area contributed by atoms with Crippen LogP contribution in [0.5, 0.6) is 0 Å². The Bertz CT molecular complexity index is 516. The molecule has 2 rings (SSSR count). The quantitative estimate of drug-likeness (QED) is 0.766. The molecule has 4 heteroatoms. The molecule has 0 saturated carbocycles. The van der Waals surface area contributed by atoms with Gasteiger partial charge in [0.2, 0.25) is 0 Å². The van der Waals surface area contributed by atoms with Gasteiger partial charge in [0, 0.05) is 18.1 Å². The maximum absolute atomic E-state index is 10.6. The maximum atomic E-state index is 10.6. The van der Waals surface area contributed by atoms with Crippen molar-refractivity contribution in [2.75, 3.05) is 13.1 Å². The summed E-state index contributed by atoms with van der Waals surface area (Å²) in [6.07, 6.45) is -0.635. The summed E-state index contributed by atoms with van der Waals surface area (Å²) in [7, 11) is 0. The Labute approximate surface area is 124 Å². The number of aliphatic hydroxyl groups excluding tert-OH is 1. The van der Waals surface area contributed by atoms with Crippen molar-refractivity contribution in [3.63, 3.8) is 0 Å². The highest BCUT2D eigenvalue weighted by Crippen LogP contribution is 2.29. The molecule has 0 aromatic heterocycles. The first-order chi connectivity index (χ1) is 9.72. The van der Waals surface area contributed by atoms with Gasteiger partial charge in [-0.3, -0.25) is 0 Å². The number of benzene rings is 2. The fourth-order valence-electron chi connectivity index (χ4n) is 2.16. The van der Waals surface area contributed by atoms with Crippen LogP contribution in [0.15, 0.2) is 54.6 Å². The molecule has 0 radical (unpaired) electrons. The van der Waals surface area contributed by atoms with E-state index >= 15 is 0 Å². The minimum atomic E-state index is -0.635. The summed E-state index contributed by atoms with van der Waals surface area (Å²) in [5.74, 6) is 0. The summed E-state index contributed by atoms with van der Waals surface area (Å²) >= 11 is 5.91. The summed E-state index contributed by atoms with van der Waals surface area (Å²) in [6.45, 7) is 1.16. The van der Waals surface area contributed by atoms with Crippen LogP contribution in [0, 0.1) is 0 Å². The van der Waals surface area contributed by atoms with Crippen LogP contribution in [0.2, 0.25) is 5.02 Å². The van der Waals surface area contributed by atoms with Crippen molar-refractivity contribution in [3.05, 3.63) is 70.7 Å². The number of hydrogen-bond acceptors (Lipinski definition) is 3. The normalized spacial score (nSPS) is 13.9. The Kier molecular flexibility index (Phi) is 5.56. The standard InChI is InChI=1S/C16H19ClN2O/c17-14-8-6-12(7-9-14)15(19-11-10-18)16(20)13-4-2-1-3-5-13/h1-9,15-16,19-20H,10-11,18H2/t15-,16-/m0/s1. The van der Waals surface area contributed by atoms with E-state index in [2.05, 4.69) is 5.32 Å². The summed E-state index contributed by atoms with van der Waals surface area (Å²) < 4.78 is 0. The monoisotopic (exact) mass is 290 g/mol. The third kappa shape index (κ3) is 3.81. The molecule has 0 spiro atoms. The molecule has 3 nitrogen and oxygen atoms in total. The Morgan fingerprint density at radius 2 is 1.65 bits per heavy atom. The highest BCUT2D eigenvalue weighted by molar-refractivity contribution is 6.30. The minimum absolute atomic E-state index is 0.210. The van der Waals surface area contributed by atoms with Gasteiger partial charge in [0.1, 0.15) is 0 Å². The number of rotatable bonds is 6. The lowest BCUT2D eigenvalue weighted by molar-refractivity contribution is 0.129. The van der Waals surface area contributed by atoms with Gasteiger partial charge in [-0.25, -0.2) is 0 Å². The molecule has 2 aromatic rings. The lowest BCUT2D eigenvalue weighted by Crippen LogP contribution is -2.31. The van der Waals surface area contributed by atoms with Gasteiger partial charge in [0.25, 0.3) is 0 Å². The SMILES string of the molecule is NCCN[C@@H](c1ccc(Cl)cc1)[C@@H](O)c1ccccc1. The molecule has 4 N–H and O–H groups in total.